The van der Waals surface area contributed by atoms with Crippen LogP contribution in [0.15, 0.2) is 6.20 Å². The van der Waals surface area contributed by atoms with Crippen LogP contribution in [0.4, 0.5) is 0 Å². The van der Waals surface area contributed by atoms with Gasteiger partial charge in [0.05, 0.1) is 0 Å². The second kappa shape index (κ2) is 2.60. The Hall–Kier alpha value is -0.880. The molecule has 0 fully saturated rings. The molecule has 2 nitrogen and oxygen atoms in total. The van der Waals surface area contributed by atoms with Crippen molar-refractivity contribution in [3.8, 4) is 6.07 Å². The smallest absolute Gasteiger partial charge is 0.194 e. The van der Waals surface area contributed by atoms with E-state index in [4.69, 9.17) is 5.26 Å². The molecule has 0 aliphatic rings. The van der Waals surface area contributed by atoms with Crippen molar-refractivity contribution in [2.75, 3.05) is 0 Å². The van der Waals surface area contributed by atoms with Crippen LogP contribution in [0.3, 0.4) is 0 Å². The van der Waals surface area contributed by atoms with E-state index in [-0.39, 0.29) is 0 Å². The maximum Gasteiger partial charge on any atom is 0.194 e. The summed E-state index contributed by atoms with van der Waals surface area (Å²) in [5.41, 5.74) is 0. The van der Waals surface area contributed by atoms with Crippen LogP contribution in [-0.4, -0.2) is 4.98 Å². The zero-order chi connectivity index (χ0) is 6.69. The van der Waals surface area contributed by atoms with Crippen molar-refractivity contribution in [3.63, 3.8) is 0 Å². The monoisotopic (exact) mass is 138 g/mol. The lowest BCUT2D eigenvalue weighted by atomic mass is 10.4. The van der Waals surface area contributed by atoms with Crippen molar-refractivity contribution in [2.24, 2.45) is 0 Å². The third-order valence-corrected chi connectivity index (χ3v) is 2.04. The van der Waals surface area contributed by atoms with Crippen molar-refractivity contribution >= 4 is 11.3 Å². The molecule has 0 aliphatic carbocycles. The second-order valence-corrected chi connectivity index (χ2v) is 2.71. The molecule has 0 saturated heterocycles. The van der Waals surface area contributed by atoms with Crippen LogP contribution in [0.1, 0.15) is 16.8 Å². The number of aromatic nitrogens is 1. The Labute approximate surface area is 57.8 Å². The molecule has 0 bridgehead atoms. The van der Waals surface area contributed by atoms with Crippen LogP contribution < -0.4 is 0 Å². The topological polar surface area (TPSA) is 36.7 Å². The summed E-state index contributed by atoms with van der Waals surface area (Å²) in [7, 11) is 0. The lowest BCUT2D eigenvalue weighted by Crippen LogP contribution is -1.64. The minimum absolute atomic E-state index is 0.562. The fraction of sp³-hybridized carbons (Fsp3) is 0.333. The van der Waals surface area contributed by atoms with Crippen LogP contribution in [0.5, 0.6) is 0 Å². The summed E-state index contributed by atoms with van der Waals surface area (Å²) in [6.45, 7) is 2.05. The van der Waals surface area contributed by atoms with Gasteiger partial charge in [0.1, 0.15) is 6.07 Å². The molecule has 0 N–H and O–H groups in total. The van der Waals surface area contributed by atoms with Gasteiger partial charge >= 0.3 is 0 Å². The Kier molecular flexibility index (Phi) is 1.81. The van der Waals surface area contributed by atoms with Gasteiger partial charge in [-0.25, -0.2) is 4.98 Å². The number of hydrogen-bond donors (Lipinski definition) is 0. The summed E-state index contributed by atoms with van der Waals surface area (Å²) in [5, 5.41) is 8.91. The molecule has 1 aromatic rings. The number of rotatable bonds is 1. The molecule has 0 unspecified atom stereocenters. The van der Waals surface area contributed by atoms with E-state index < -0.39 is 0 Å². The fourth-order valence-electron chi connectivity index (χ4n) is 0.523. The molecule has 9 heavy (non-hydrogen) atoms. The molecule has 3 heteroatoms. The first-order valence-corrected chi connectivity index (χ1v) is 3.53. The molecule has 0 radical (unpaired) electrons. The first kappa shape index (κ1) is 6.24. The molecule has 0 aliphatic heterocycles. The fourth-order valence-corrected chi connectivity index (χ4v) is 1.17. The summed E-state index contributed by atoms with van der Waals surface area (Å²) in [5.74, 6) is 0. The number of hydrogen-bond acceptors (Lipinski definition) is 3. The van der Waals surface area contributed by atoms with Gasteiger partial charge in [-0.2, -0.15) is 5.26 Å². The van der Waals surface area contributed by atoms with E-state index in [1.165, 1.54) is 16.2 Å². The molecule has 0 spiro atoms. The number of nitrogens with zero attached hydrogens (tertiary/aromatic N) is 2. The lowest BCUT2D eigenvalue weighted by Gasteiger charge is -1.77. The van der Waals surface area contributed by atoms with Crippen LogP contribution in [-0.2, 0) is 6.42 Å². The van der Waals surface area contributed by atoms with Crippen LogP contribution in [0.25, 0.3) is 0 Å². The summed E-state index contributed by atoms with van der Waals surface area (Å²) < 4.78 is 0. The van der Waals surface area contributed by atoms with Crippen LogP contribution in [0.2, 0.25) is 0 Å². The van der Waals surface area contributed by atoms with E-state index in [2.05, 4.69) is 11.9 Å². The van der Waals surface area contributed by atoms with Gasteiger partial charge < -0.3 is 0 Å². The molecule has 1 heterocycles. The zero-order valence-corrected chi connectivity index (χ0v) is 5.90. The maximum atomic E-state index is 8.34. The summed E-state index contributed by atoms with van der Waals surface area (Å²) in [6, 6.07) is 1.99. The van der Waals surface area contributed by atoms with Gasteiger partial charge in [0, 0.05) is 11.1 Å². The van der Waals surface area contributed by atoms with Crippen molar-refractivity contribution < 1.29 is 0 Å². The average molecular weight is 138 g/mol. The minimum atomic E-state index is 0.562. The summed E-state index contributed by atoms with van der Waals surface area (Å²) in [4.78, 5) is 5.04. The van der Waals surface area contributed by atoms with E-state index in [0.29, 0.717) is 5.01 Å². The second-order valence-electron chi connectivity index (χ2n) is 1.60. The van der Waals surface area contributed by atoms with Crippen LogP contribution >= 0.6 is 11.3 Å². The number of thiazole rings is 1. The quantitative estimate of drug-likeness (QED) is 0.590. The van der Waals surface area contributed by atoms with E-state index in [1.807, 2.05) is 6.07 Å². The zero-order valence-electron chi connectivity index (χ0n) is 5.09. The summed E-state index contributed by atoms with van der Waals surface area (Å²) in [6.07, 6.45) is 2.72. The highest BCUT2D eigenvalue weighted by Gasteiger charge is 1.95. The molecular formula is C6H6N2S. The average Bonchev–Trinajstić information content (AvgIpc) is 2.34. The Morgan fingerprint density at radius 3 is 3.00 bits per heavy atom. The predicted octanol–water partition coefficient (Wildman–Crippen LogP) is 1.58. The molecular weight excluding hydrogens is 132 g/mol. The first-order chi connectivity index (χ1) is 4.36. The Morgan fingerprint density at radius 1 is 1.89 bits per heavy atom. The highest BCUT2D eigenvalue weighted by atomic mass is 32.1. The SMILES string of the molecule is CCc1cnc(C#N)s1. The normalized spacial score (nSPS) is 8.89. The molecule has 1 rings (SSSR count). The molecule has 1 aromatic heterocycles. The highest BCUT2D eigenvalue weighted by molar-refractivity contribution is 7.12. The van der Waals surface area contributed by atoms with Crippen LogP contribution in [0, 0.1) is 11.3 Å². The van der Waals surface area contributed by atoms with Gasteiger partial charge in [-0.05, 0) is 6.42 Å². The van der Waals surface area contributed by atoms with Gasteiger partial charge in [0.25, 0.3) is 0 Å². The van der Waals surface area contributed by atoms with Gasteiger partial charge in [-0.15, -0.1) is 11.3 Å². The molecule has 0 amide bonds. The van der Waals surface area contributed by atoms with Crippen molar-refractivity contribution in [1.29, 1.82) is 5.26 Å². The van der Waals surface area contributed by atoms with Crippen molar-refractivity contribution in [3.05, 3.63) is 16.1 Å². The molecule has 0 atom stereocenters. The van der Waals surface area contributed by atoms with Gasteiger partial charge in [0.2, 0.25) is 0 Å². The largest absolute Gasteiger partial charge is 0.234 e. The van der Waals surface area contributed by atoms with Gasteiger partial charge in [0.15, 0.2) is 5.01 Å². The third kappa shape index (κ3) is 1.27. The molecule has 0 aromatic carbocycles. The van der Waals surface area contributed by atoms with E-state index in [1.54, 1.807) is 6.20 Å². The molecule has 0 saturated carbocycles. The van der Waals surface area contributed by atoms with E-state index in [9.17, 15) is 0 Å². The maximum absolute atomic E-state index is 8.34. The van der Waals surface area contributed by atoms with E-state index in [0.717, 1.165) is 6.42 Å². The highest BCUT2D eigenvalue weighted by Crippen LogP contribution is 2.11. The minimum Gasteiger partial charge on any atom is -0.234 e. The lowest BCUT2D eigenvalue weighted by molar-refractivity contribution is 1.17. The number of aryl methyl sites for hydroxylation is 1. The van der Waals surface area contributed by atoms with Crippen molar-refractivity contribution in [2.45, 2.75) is 13.3 Å². The summed E-state index contributed by atoms with van der Waals surface area (Å²) >= 11 is 1.46. The Morgan fingerprint density at radius 2 is 2.67 bits per heavy atom. The van der Waals surface area contributed by atoms with Gasteiger partial charge in [-0.1, -0.05) is 6.92 Å². The predicted molar refractivity (Wildman–Crippen MR) is 36.2 cm³/mol. The standard InChI is InChI=1S/C6H6N2S/c1-2-5-4-8-6(3-7)9-5/h4H,2H2,1H3. The van der Waals surface area contributed by atoms with E-state index >= 15 is 0 Å². The van der Waals surface area contributed by atoms with Crippen molar-refractivity contribution in [1.82, 2.24) is 4.98 Å². The first-order valence-electron chi connectivity index (χ1n) is 2.71. The third-order valence-electron chi connectivity index (χ3n) is 0.998. The van der Waals surface area contributed by atoms with Gasteiger partial charge in [-0.3, -0.25) is 0 Å². The Balaban J connectivity index is 2.90. The Bertz CT molecular complexity index is 233. The number of nitriles is 1. The molecule has 46 valence electrons.